The van der Waals surface area contributed by atoms with Gasteiger partial charge in [-0.1, -0.05) is 29.4 Å². The average Bonchev–Trinajstić information content (AvgIpc) is 3.22. The first-order chi connectivity index (χ1) is 15.9. The molecule has 1 N–H and O–H groups in total. The smallest absolute Gasteiger partial charge is 0.234 e. The van der Waals surface area contributed by atoms with E-state index in [4.69, 9.17) is 21.1 Å². The molecule has 0 atom stereocenters. The van der Waals surface area contributed by atoms with Crippen molar-refractivity contribution in [2.24, 2.45) is 0 Å². The van der Waals surface area contributed by atoms with E-state index in [1.807, 2.05) is 31.2 Å². The van der Waals surface area contributed by atoms with E-state index in [0.717, 1.165) is 27.9 Å². The number of benzene rings is 2. The first-order valence-corrected chi connectivity index (χ1v) is 11.2. The maximum Gasteiger partial charge on any atom is 0.234 e. The molecule has 0 saturated carbocycles. The van der Waals surface area contributed by atoms with Crippen LogP contribution in [-0.2, 0) is 4.79 Å². The van der Waals surface area contributed by atoms with Gasteiger partial charge >= 0.3 is 0 Å². The van der Waals surface area contributed by atoms with E-state index in [1.54, 1.807) is 24.9 Å². The highest BCUT2D eigenvalue weighted by molar-refractivity contribution is 7.99. The predicted octanol–water partition coefficient (Wildman–Crippen LogP) is 5.25. The van der Waals surface area contributed by atoms with Crippen LogP contribution in [0.2, 0.25) is 5.02 Å². The van der Waals surface area contributed by atoms with Crippen molar-refractivity contribution in [1.82, 2.24) is 14.6 Å². The number of rotatable bonds is 7. The van der Waals surface area contributed by atoms with Crippen molar-refractivity contribution in [3.63, 3.8) is 0 Å². The Morgan fingerprint density at radius 1 is 1.15 bits per heavy atom. The van der Waals surface area contributed by atoms with E-state index >= 15 is 0 Å². The molecule has 0 aliphatic rings. The molecule has 2 aromatic heterocycles. The fraction of sp³-hybridized carbons (Fsp3) is 0.174. The third-order valence-electron chi connectivity index (χ3n) is 4.82. The number of thioether (sulfide) groups is 1. The highest BCUT2D eigenvalue weighted by atomic mass is 35.5. The van der Waals surface area contributed by atoms with Gasteiger partial charge in [-0.05, 0) is 48.9 Å². The summed E-state index contributed by atoms with van der Waals surface area (Å²) in [5.74, 6) is 0.348. The molecular formula is C23H20ClFN4O3S. The maximum absolute atomic E-state index is 14.0. The molecule has 0 radical (unpaired) electrons. The van der Waals surface area contributed by atoms with Crippen molar-refractivity contribution >= 4 is 40.6 Å². The summed E-state index contributed by atoms with van der Waals surface area (Å²) in [5, 5.41) is 8.03. The number of carbonyl (C=O) groups excluding carboxylic acids is 1. The SMILES string of the molecule is COc1ccc(-c2cnn3c(SCC(=O)Nc4ccc(Cl)cc4F)cc(C)nc23)cc1OC. The molecule has 0 aliphatic heterocycles. The van der Waals surface area contributed by atoms with Crippen molar-refractivity contribution in [2.75, 3.05) is 25.3 Å². The number of nitrogens with one attached hydrogen (secondary N) is 1. The number of hydrogen-bond donors (Lipinski definition) is 1. The summed E-state index contributed by atoms with van der Waals surface area (Å²) < 4.78 is 26.4. The molecule has 0 aliphatic carbocycles. The largest absolute Gasteiger partial charge is 0.493 e. The number of ether oxygens (including phenoxy) is 2. The van der Waals surface area contributed by atoms with Crippen LogP contribution in [-0.4, -0.2) is 40.5 Å². The second-order valence-corrected chi connectivity index (χ2v) is 8.49. The average molecular weight is 487 g/mol. The molecule has 4 aromatic rings. The molecule has 1 amide bonds. The van der Waals surface area contributed by atoms with Crippen molar-refractivity contribution in [3.05, 3.63) is 65.2 Å². The van der Waals surface area contributed by atoms with E-state index in [-0.39, 0.29) is 22.4 Å². The molecule has 2 heterocycles. The number of methoxy groups -OCH3 is 2. The Hall–Kier alpha value is -3.30. The molecule has 0 spiro atoms. The second kappa shape index (κ2) is 9.68. The van der Waals surface area contributed by atoms with Gasteiger partial charge in [-0.2, -0.15) is 5.10 Å². The quantitative estimate of drug-likeness (QED) is 0.284. The van der Waals surface area contributed by atoms with Crippen LogP contribution >= 0.6 is 23.4 Å². The number of nitrogens with zero attached hydrogens (tertiary/aromatic N) is 3. The molecule has 4 rings (SSSR count). The van der Waals surface area contributed by atoms with E-state index in [2.05, 4.69) is 15.4 Å². The minimum atomic E-state index is -0.588. The number of aryl methyl sites for hydroxylation is 1. The van der Waals surface area contributed by atoms with Crippen LogP contribution in [0.1, 0.15) is 5.69 Å². The molecule has 10 heteroatoms. The Morgan fingerprint density at radius 2 is 1.94 bits per heavy atom. The van der Waals surface area contributed by atoms with Crippen molar-refractivity contribution < 1.29 is 18.7 Å². The van der Waals surface area contributed by atoms with Gasteiger partial charge in [0.1, 0.15) is 10.8 Å². The zero-order valence-electron chi connectivity index (χ0n) is 18.1. The van der Waals surface area contributed by atoms with Gasteiger partial charge in [-0.3, -0.25) is 4.79 Å². The topological polar surface area (TPSA) is 77.8 Å². The third-order valence-corrected chi connectivity index (χ3v) is 6.05. The van der Waals surface area contributed by atoms with E-state index in [0.29, 0.717) is 17.1 Å². The number of aromatic nitrogens is 3. The van der Waals surface area contributed by atoms with Gasteiger partial charge in [-0.15, -0.1) is 0 Å². The lowest BCUT2D eigenvalue weighted by molar-refractivity contribution is -0.113. The van der Waals surface area contributed by atoms with E-state index < -0.39 is 5.82 Å². The Labute approximate surface area is 198 Å². The molecule has 33 heavy (non-hydrogen) atoms. The van der Waals surface area contributed by atoms with Crippen LogP contribution in [0.15, 0.2) is 53.7 Å². The highest BCUT2D eigenvalue weighted by Gasteiger charge is 2.16. The van der Waals surface area contributed by atoms with Gasteiger partial charge in [0.25, 0.3) is 0 Å². The fourth-order valence-corrected chi connectivity index (χ4v) is 4.30. The van der Waals surface area contributed by atoms with Gasteiger partial charge in [-0.25, -0.2) is 13.9 Å². The zero-order chi connectivity index (χ0) is 23.5. The first kappa shape index (κ1) is 22.9. The molecule has 0 unspecified atom stereocenters. The Bertz CT molecular complexity index is 1350. The van der Waals surface area contributed by atoms with Gasteiger partial charge in [0, 0.05) is 16.3 Å². The molecule has 2 aromatic carbocycles. The van der Waals surface area contributed by atoms with E-state index in [9.17, 15) is 9.18 Å². The van der Waals surface area contributed by atoms with Crippen LogP contribution in [0.4, 0.5) is 10.1 Å². The Balaban J connectivity index is 1.58. The fourth-order valence-electron chi connectivity index (χ4n) is 3.28. The Morgan fingerprint density at radius 3 is 2.67 bits per heavy atom. The minimum Gasteiger partial charge on any atom is -0.493 e. The predicted molar refractivity (Wildman–Crippen MR) is 127 cm³/mol. The summed E-state index contributed by atoms with van der Waals surface area (Å²) in [6, 6.07) is 11.5. The number of anilines is 1. The third kappa shape index (κ3) is 4.89. The molecule has 7 nitrogen and oxygen atoms in total. The summed E-state index contributed by atoms with van der Waals surface area (Å²) in [6.07, 6.45) is 1.72. The standard InChI is InChI=1S/C23H20ClFN4O3S/c1-13-8-22(33-12-21(30)28-18-6-5-15(24)10-17(18)25)29-23(27-13)16(11-26-29)14-4-7-19(31-2)20(9-14)32-3/h4-11H,12H2,1-3H3,(H,28,30). The van der Waals surface area contributed by atoms with Gasteiger partial charge in [0.15, 0.2) is 17.1 Å². The van der Waals surface area contributed by atoms with Gasteiger partial charge < -0.3 is 14.8 Å². The number of amides is 1. The van der Waals surface area contributed by atoms with Gasteiger partial charge in [0.05, 0.1) is 31.9 Å². The monoisotopic (exact) mass is 486 g/mol. The molecular weight excluding hydrogens is 467 g/mol. The number of carbonyl (C=O) groups is 1. The minimum absolute atomic E-state index is 0.0617. The van der Waals surface area contributed by atoms with Crippen LogP contribution < -0.4 is 14.8 Å². The van der Waals surface area contributed by atoms with Crippen LogP contribution in [0.5, 0.6) is 11.5 Å². The lowest BCUT2D eigenvalue weighted by Crippen LogP contribution is -2.15. The lowest BCUT2D eigenvalue weighted by atomic mass is 10.1. The Kier molecular flexibility index (Phi) is 6.71. The lowest BCUT2D eigenvalue weighted by Gasteiger charge is -2.10. The van der Waals surface area contributed by atoms with Crippen molar-refractivity contribution in [1.29, 1.82) is 0 Å². The summed E-state index contributed by atoms with van der Waals surface area (Å²) in [7, 11) is 3.16. The number of fused-ring (bicyclic) bond motifs is 1. The summed E-state index contributed by atoms with van der Waals surface area (Å²) in [5.41, 5.74) is 3.18. The zero-order valence-corrected chi connectivity index (χ0v) is 19.6. The summed E-state index contributed by atoms with van der Waals surface area (Å²) in [6.45, 7) is 1.87. The number of halogens is 2. The molecule has 170 valence electrons. The van der Waals surface area contributed by atoms with Crippen LogP contribution in [0.25, 0.3) is 16.8 Å². The molecule has 0 bridgehead atoms. The maximum atomic E-state index is 14.0. The molecule has 0 saturated heterocycles. The normalized spacial score (nSPS) is 10.9. The van der Waals surface area contributed by atoms with Crippen LogP contribution in [0, 0.1) is 12.7 Å². The highest BCUT2D eigenvalue weighted by Crippen LogP contribution is 2.34. The number of hydrogen-bond acceptors (Lipinski definition) is 6. The summed E-state index contributed by atoms with van der Waals surface area (Å²) >= 11 is 7.04. The van der Waals surface area contributed by atoms with Gasteiger partial charge in [0.2, 0.25) is 5.91 Å². The van der Waals surface area contributed by atoms with Crippen LogP contribution in [0.3, 0.4) is 0 Å². The first-order valence-electron chi connectivity index (χ1n) is 9.85. The second-order valence-electron chi connectivity index (χ2n) is 7.06. The molecule has 0 fully saturated rings. The van der Waals surface area contributed by atoms with Crippen molar-refractivity contribution in [3.8, 4) is 22.6 Å². The van der Waals surface area contributed by atoms with Crippen molar-refractivity contribution in [2.45, 2.75) is 11.9 Å². The van der Waals surface area contributed by atoms with E-state index in [1.165, 1.54) is 23.9 Å². The summed E-state index contributed by atoms with van der Waals surface area (Å²) in [4.78, 5) is 17.0.